The van der Waals surface area contributed by atoms with Crippen LogP contribution in [0.15, 0.2) is 44.0 Å². The number of carbonyl (C=O) groups is 1. The maximum Gasteiger partial charge on any atom is 0.287 e. The largest absolute Gasteiger partial charge is 0.465 e. The molecule has 0 unspecified atom stereocenters. The Balaban J connectivity index is 1.56. The summed E-state index contributed by atoms with van der Waals surface area (Å²) in [7, 11) is 2.11. The number of amides is 1. The smallest absolute Gasteiger partial charge is 0.287 e. The first-order valence-electron chi connectivity index (χ1n) is 10.6. The summed E-state index contributed by atoms with van der Waals surface area (Å²) in [4.78, 5) is 30.1. The Labute approximate surface area is 181 Å². The Hall–Kier alpha value is -2.90. The maximum absolute atomic E-state index is 12.9. The molecule has 31 heavy (non-hydrogen) atoms. The molecule has 7 heteroatoms. The van der Waals surface area contributed by atoms with E-state index in [1.807, 2.05) is 39.0 Å². The minimum absolute atomic E-state index is 0.0234. The third-order valence-electron chi connectivity index (χ3n) is 5.92. The molecule has 3 heterocycles. The molecule has 1 aliphatic heterocycles. The van der Waals surface area contributed by atoms with E-state index in [0.717, 1.165) is 48.8 Å². The van der Waals surface area contributed by atoms with Gasteiger partial charge >= 0.3 is 0 Å². The minimum atomic E-state index is -0.402. The van der Waals surface area contributed by atoms with Gasteiger partial charge < -0.3 is 19.1 Å². The first kappa shape index (κ1) is 21.3. The van der Waals surface area contributed by atoms with Crippen LogP contribution < -0.4 is 10.7 Å². The number of piperazine rings is 1. The molecule has 4 rings (SSSR count). The summed E-state index contributed by atoms with van der Waals surface area (Å²) in [6.07, 6.45) is 0. The molecular formula is C24H29N3O4. The molecule has 0 spiro atoms. The van der Waals surface area contributed by atoms with Gasteiger partial charge in [0, 0.05) is 38.8 Å². The molecule has 1 amide bonds. The Morgan fingerprint density at radius 1 is 1.06 bits per heavy atom. The van der Waals surface area contributed by atoms with Crippen molar-refractivity contribution in [2.75, 3.05) is 39.8 Å². The van der Waals surface area contributed by atoms with E-state index in [0.29, 0.717) is 17.5 Å². The fraction of sp³-hybridized carbons (Fsp3) is 0.417. The predicted molar refractivity (Wildman–Crippen MR) is 120 cm³/mol. The van der Waals surface area contributed by atoms with Crippen LogP contribution in [0.25, 0.3) is 11.0 Å². The van der Waals surface area contributed by atoms with Crippen molar-refractivity contribution in [1.29, 1.82) is 0 Å². The average Bonchev–Trinajstić information content (AvgIpc) is 3.14. The van der Waals surface area contributed by atoms with Gasteiger partial charge in [0.1, 0.15) is 17.1 Å². The second kappa shape index (κ2) is 8.69. The van der Waals surface area contributed by atoms with E-state index in [2.05, 4.69) is 22.2 Å². The van der Waals surface area contributed by atoms with Gasteiger partial charge in [-0.15, -0.1) is 0 Å². The molecule has 1 aliphatic rings. The van der Waals surface area contributed by atoms with Gasteiger partial charge in [-0.1, -0.05) is 6.07 Å². The maximum atomic E-state index is 12.9. The number of furan rings is 1. The lowest BCUT2D eigenvalue weighted by Gasteiger charge is -2.37. The Morgan fingerprint density at radius 3 is 2.48 bits per heavy atom. The number of hydrogen-bond acceptors (Lipinski definition) is 6. The van der Waals surface area contributed by atoms with Gasteiger partial charge in [0.05, 0.1) is 11.4 Å². The van der Waals surface area contributed by atoms with Gasteiger partial charge in [0.25, 0.3) is 5.91 Å². The topological polar surface area (TPSA) is 78.9 Å². The lowest BCUT2D eigenvalue weighted by atomic mass is 10.1. The van der Waals surface area contributed by atoms with E-state index in [9.17, 15) is 9.59 Å². The monoisotopic (exact) mass is 423 g/mol. The zero-order valence-electron chi connectivity index (χ0n) is 18.5. The summed E-state index contributed by atoms with van der Waals surface area (Å²) in [5.74, 6) is 1.29. The Bertz CT molecular complexity index is 1160. The summed E-state index contributed by atoms with van der Waals surface area (Å²) in [5, 5.41) is 3.47. The van der Waals surface area contributed by atoms with Crippen LogP contribution in [0.1, 0.15) is 39.2 Å². The van der Waals surface area contributed by atoms with Crippen LogP contribution in [0.2, 0.25) is 0 Å². The van der Waals surface area contributed by atoms with Gasteiger partial charge in [0.15, 0.2) is 11.2 Å². The third kappa shape index (κ3) is 4.57. The fourth-order valence-corrected chi connectivity index (χ4v) is 4.23. The van der Waals surface area contributed by atoms with Gasteiger partial charge in [-0.2, -0.15) is 0 Å². The molecule has 2 aromatic heterocycles. The number of hydrogen-bond donors (Lipinski definition) is 1. The standard InChI is InChI=1S/C24H29N3O4/c1-15-11-16(2)23-19(28)13-22(31-21(23)12-15)24(29)25-14-18(20-6-5-17(3)30-20)27-9-7-26(4)8-10-27/h5-6,11-13,18H,7-10,14H2,1-4H3,(H,25,29)/t18-/m0/s1. The van der Waals surface area contributed by atoms with Crippen molar-refractivity contribution in [1.82, 2.24) is 15.1 Å². The summed E-state index contributed by atoms with van der Waals surface area (Å²) < 4.78 is 11.7. The summed E-state index contributed by atoms with van der Waals surface area (Å²) in [6, 6.07) is 8.83. The minimum Gasteiger partial charge on any atom is -0.465 e. The molecule has 0 saturated carbocycles. The highest BCUT2D eigenvalue weighted by Gasteiger charge is 2.27. The number of rotatable bonds is 5. The second-order valence-electron chi connectivity index (χ2n) is 8.44. The van der Waals surface area contributed by atoms with Crippen molar-refractivity contribution >= 4 is 16.9 Å². The summed E-state index contributed by atoms with van der Waals surface area (Å²) in [5.41, 5.74) is 2.06. The average molecular weight is 424 g/mol. The van der Waals surface area contributed by atoms with E-state index >= 15 is 0 Å². The molecule has 1 atom stereocenters. The number of aryl methyl sites for hydroxylation is 3. The molecule has 1 N–H and O–H groups in total. The van der Waals surface area contributed by atoms with E-state index in [4.69, 9.17) is 8.83 Å². The Kier molecular flexibility index (Phi) is 5.98. The van der Waals surface area contributed by atoms with Gasteiger partial charge in [-0.3, -0.25) is 14.5 Å². The molecule has 0 bridgehead atoms. The SMILES string of the molecule is Cc1cc(C)c2c(=O)cc(C(=O)NC[C@@H](c3ccc(C)o3)N3CCN(C)CC3)oc2c1. The van der Waals surface area contributed by atoms with E-state index in [-0.39, 0.29) is 17.2 Å². The number of nitrogens with zero attached hydrogens (tertiary/aromatic N) is 2. The highest BCUT2D eigenvalue weighted by molar-refractivity contribution is 5.93. The molecule has 7 nitrogen and oxygen atoms in total. The lowest BCUT2D eigenvalue weighted by Crippen LogP contribution is -2.48. The van der Waals surface area contributed by atoms with E-state index in [1.54, 1.807) is 6.07 Å². The normalized spacial score (nSPS) is 16.5. The van der Waals surface area contributed by atoms with Crippen molar-refractivity contribution < 1.29 is 13.6 Å². The van der Waals surface area contributed by atoms with Crippen molar-refractivity contribution in [2.45, 2.75) is 26.8 Å². The molecule has 0 radical (unpaired) electrons. The molecule has 3 aromatic rings. The van der Waals surface area contributed by atoms with Crippen molar-refractivity contribution in [3.8, 4) is 0 Å². The van der Waals surface area contributed by atoms with Crippen molar-refractivity contribution in [2.24, 2.45) is 0 Å². The molecule has 1 saturated heterocycles. The van der Waals surface area contributed by atoms with Crippen LogP contribution in [0, 0.1) is 20.8 Å². The highest BCUT2D eigenvalue weighted by Crippen LogP contribution is 2.24. The van der Waals surface area contributed by atoms with Crippen LogP contribution in [-0.2, 0) is 0 Å². The van der Waals surface area contributed by atoms with Crippen LogP contribution in [-0.4, -0.2) is 55.5 Å². The molecular weight excluding hydrogens is 394 g/mol. The Morgan fingerprint density at radius 2 is 1.81 bits per heavy atom. The molecule has 0 aliphatic carbocycles. The van der Waals surface area contributed by atoms with Crippen LogP contribution in [0.3, 0.4) is 0 Å². The first-order valence-corrected chi connectivity index (χ1v) is 10.6. The van der Waals surface area contributed by atoms with Crippen LogP contribution in [0.5, 0.6) is 0 Å². The van der Waals surface area contributed by atoms with E-state index in [1.165, 1.54) is 6.07 Å². The fourth-order valence-electron chi connectivity index (χ4n) is 4.23. The quantitative estimate of drug-likeness (QED) is 0.680. The van der Waals surface area contributed by atoms with Crippen molar-refractivity contribution in [3.63, 3.8) is 0 Å². The zero-order chi connectivity index (χ0) is 22.1. The highest BCUT2D eigenvalue weighted by atomic mass is 16.3. The number of likely N-dealkylation sites (N-methyl/N-ethyl adjacent to an activating group) is 1. The van der Waals surface area contributed by atoms with Crippen molar-refractivity contribution in [3.05, 3.63) is 69.0 Å². The van der Waals surface area contributed by atoms with Gasteiger partial charge in [0.2, 0.25) is 0 Å². The van der Waals surface area contributed by atoms with E-state index < -0.39 is 5.91 Å². The lowest BCUT2D eigenvalue weighted by molar-refractivity contribution is 0.0830. The van der Waals surface area contributed by atoms with Crippen LogP contribution in [0.4, 0.5) is 0 Å². The predicted octanol–water partition coefficient (Wildman–Crippen LogP) is 3.03. The summed E-state index contributed by atoms with van der Waals surface area (Å²) in [6.45, 7) is 9.79. The molecule has 164 valence electrons. The third-order valence-corrected chi connectivity index (χ3v) is 5.92. The number of fused-ring (bicyclic) bond motifs is 1. The first-order chi connectivity index (χ1) is 14.8. The number of nitrogens with one attached hydrogen (secondary N) is 1. The van der Waals surface area contributed by atoms with Gasteiger partial charge in [-0.25, -0.2) is 0 Å². The number of carbonyl (C=O) groups excluding carboxylic acids is 1. The van der Waals surface area contributed by atoms with Gasteiger partial charge in [-0.05, 0) is 57.1 Å². The van der Waals surface area contributed by atoms with Crippen LogP contribution >= 0.6 is 0 Å². The molecule has 1 aromatic carbocycles. The molecule has 1 fully saturated rings. The second-order valence-corrected chi connectivity index (χ2v) is 8.44. The number of benzene rings is 1. The summed E-state index contributed by atoms with van der Waals surface area (Å²) >= 11 is 0. The zero-order valence-corrected chi connectivity index (χ0v) is 18.5.